The van der Waals surface area contributed by atoms with Crippen LogP contribution in [0.5, 0.6) is 0 Å². The third-order valence-electron chi connectivity index (χ3n) is 4.43. The molecule has 0 heterocycles. The first-order valence-corrected chi connectivity index (χ1v) is 8.41. The summed E-state index contributed by atoms with van der Waals surface area (Å²) in [6.45, 7) is 5.53. The van der Waals surface area contributed by atoms with Gasteiger partial charge in [-0.25, -0.2) is 0 Å². The highest BCUT2D eigenvalue weighted by atomic mass is 14.8. The molecule has 1 N–H and O–H groups in total. The van der Waals surface area contributed by atoms with Crippen LogP contribution in [0.4, 0.5) is 0 Å². The minimum Gasteiger partial charge on any atom is -0.319 e. The smallest absolute Gasteiger partial charge is 0.0272 e. The van der Waals surface area contributed by atoms with Gasteiger partial charge in [-0.15, -0.1) is 0 Å². The molecule has 0 saturated carbocycles. The van der Waals surface area contributed by atoms with E-state index in [1.807, 2.05) is 0 Å². The van der Waals surface area contributed by atoms with Gasteiger partial charge in [0.05, 0.1) is 0 Å². The number of likely N-dealkylation sites (N-methyl/N-ethyl adjacent to an activating group) is 1. The summed E-state index contributed by atoms with van der Waals surface area (Å²) in [5, 5.41) is 3.42. The van der Waals surface area contributed by atoms with Crippen molar-refractivity contribution in [2.24, 2.45) is 0 Å². The summed E-state index contributed by atoms with van der Waals surface area (Å²) in [6.07, 6.45) is 13.3. The largest absolute Gasteiger partial charge is 0.319 e. The number of allylic oxidation sites excluding steroid dienone is 3. The standard InChI is InChI=1S/C20H29N/c1-4-6-8-11-17-15-20(16-21-3,14-7-5-2)19-13-10-9-12-18(17)19/h8-13,15,21H,4-7,14,16H2,1-3H3/b11-8-. The maximum atomic E-state index is 3.42. The van der Waals surface area contributed by atoms with Crippen molar-refractivity contribution in [2.75, 3.05) is 13.6 Å². The first-order valence-electron chi connectivity index (χ1n) is 8.41. The summed E-state index contributed by atoms with van der Waals surface area (Å²) >= 11 is 0. The van der Waals surface area contributed by atoms with Crippen LogP contribution in [0.1, 0.15) is 57.1 Å². The Labute approximate surface area is 130 Å². The van der Waals surface area contributed by atoms with E-state index in [4.69, 9.17) is 0 Å². The van der Waals surface area contributed by atoms with Gasteiger partial charge in [0.2, 0.25) is 0 Å². The molecule has 1 atom stereocenters. The second-order valence-electron chi connectivity index (χ2n) is 6.13. The molecule has 0 amide bonds. The van der Waals surface area contributed by atoms with Gasteiger partial charge in [-0.05, 0) is 36.6 Å². The number of rotatable bonds is 8. The Hall–Kier alpha value is -1.34. The van der Waals surface area contributed by atoms with Crippen LogP contribution < -0.4 is 5.32 Å². The molecule has 1 aromatic carbocycles. The van der Waals surface area contributed by atoms with E-state index < -0.39 is 0 Å². The highest BCUT2D eigenvalue weighted by Gasteiger charge is 2.36. The summed E-state index contributed by atoms with van der Waals surface area (Å²) in [5.74, 6) is 0. The summed E-state index contributed by atoms with van der Waals surface area (Å²) in [7, 11) is 2.06. The van der Waals surface area contributed by atoms with Gasteiger partial charge in [0.15, 0.2) is 0 Å². The van der Waals surface area contributed by atoms with Crippen molar-refractivity contribution in [1.82, 2.24) is 5.32 Å². The SMILES string of the molecule is CCC/C=C\C1=CC(CCCC)(CNC)c2ccccc21. The Kier molecular flexibility index (Phi) is 5.81. The number of nitrogens with one attached hydrogen (secondary N) is 1. The Balaban J connectivity index is 2.39. The Morgan fingerprint density at radius 2 is 1.95 bits per heavy atom. The summed E-state index contributed by atoms with van der Waals surface area (Å²) < 4.78 is 0. The van der Waals surface area contributed by atoms with Gasteiger partial charge in [-0.3, -0.25) is 0 Å². The van der Waals surface area contributed by atoms with E-state index >= 15 is 0 Å². The lowest BCUT2D eigenvalue weighted by Gasteiger charge is -2.29. The normalized spacial score (nSPS) is 20.8. The molecule has 0 spiro atoms. The summed E-state index contributed by atoms with van der Waals surface area (Å²) in [4.78, 5) is 0. The highest BCUT2D eigenvalue weighted by molar-refractivity contribution is 5.82. The van der Waals surface area contributed by atoms with Crippen LogP contribution in [-0.4, -0.2) is 13.6 Å². The average Bonchev–Trinajstić information content (AvgIpc) is 2.81. The zero-order valence-corrected chi connectivity index (χ0v) is 13.8. The van der Waals surface area contributed by atoms with Crippen LogP contribution in [0.3, 0.4) is 0 Å². The van der Waals surface area contributed by atoms with Gasteiger partial charge in [-0.1, -0.05) is 75.6 Å². The van der Waals surface area contributed by atoms with Gasteiger partial charge in [0, 0.05) is 12.0 Å². The van der Waals surface area contributed by atoms with Crippen LogP contribution in [0.15, 0.2) is 42.5 Å². The van der Waals surface area contributed by atoms with Crippen molar-refractivity contribution in [2.45, 2.75) is 51.4 Å². The van der Waals surface area contributed by atoms with E-state index in [-0.39, 0.29) is 5.41 Å². The van der Waals surface area contributed by atoms with Crippen LogP contribution in [0, 0.1) is 0 Å². The molecule has 1 aromatic rings. The maximum absolute atomic E-state index is 3.42. The zero-order chi connectivity index (χ0) is 15.1. The van der Waals surface area contributed by atoms with E-state index in [0.717, 1.165) is 13.0 Å². The molecular weight excluding hydrogens is 254 g/mol. The van der Waals surface area contributed by atoms with E-state index in [1.165, 1.54) is 42.4 Å². The molecule has 1 aliphatic rings. The molecule has 1 nitrogen and oxygen atoms in total. The van der Waals surface area contributed by atoms with E-state index in [9.17, 15) is 0 Å². The number of fused-ring (bicyclic) bond motifs is 1. The van der Waals surface area contributed by atoms with E-state index in [0.29, 0.717) is 0 Å². The van der Waals surface area contributed by atoms with Crippen LogP contribution in [-0.2, 0) is 5.41 Å². The fourth-order valence-corrected chi connectivity index (χ4v) is 3.39. The zero-order valence-electron chi connectivity index (χ0n) is 13.8. The number of hydrogen-bond donors (Lipinski definition) is 1. The molecular formula is C20H29N. The quantitative estimate of drug-likeness (QED) is 0.701. The summed E-state index contributed by atoms with van der Waals surface area (Å²) in [5.41, 5.74) is 4.51. The van der Waals surface area contributed by atoms with Crippen molar-refractivity contribution in [3.63, 3.8) is 0 Å². The summed E-state index contributed by atoms with van der Waals surface area (Å²) in [6, 6.07) is 8.94. The Bertz CT molecular complexity index is 512. The van der Waals surface area contributed by atoms with Crippen molar-refractivity contribution >= 4 is 5.57 Å². The molecule has 0 aromatic heterocycles. The van der Waals surface area contributed by atoms with E-state index in [1.54, 1.807) is 0 Å². The minimum absolute atomic E-state index is 0.174. The molecule has 1 unspecified atom stereocenters. The third kappa shape index (κ3) is 3.47. The Morgan fingerprint density at radius 3 is 2.67 bits per heavy atom. The van der Waals surface area contributed by atoms with Crippen molar-refractivity contribution < 1.29 is 0 Å². The number of hydrogen-bond acceptors (Lipinski definition) is 1. The first kappa shape index (κ1) is 16.0. The predicted molar refractivity (Wildman–Crippen MR) is 93.6 cm³/mol. The topological polar surface area (TPSA) is 12.0 Å². The van der Waals surface area contributed by atoms with Gasteiger partial charge < -0.3 is 5.32 Å². The highest BCUT2D eigenvalue weighted by Crippen LogP contribution is 2.44. The van der Waals surface area contributed by atoms with Crippen molar-refractivity contribution in [3.05, 3.63) is 53.6 Å². The van der Waals surface area contributed by atoms with Gasteiger partial charge in [0.25, 0.3) is 0 Å². The van der Waals surface area contributed by atoms with Crippen LogP contribution in [0.2, 0.25) is 0 Å². The fraction of sp³-hybridized carbons (Fsp3) is 0.500. The molecule has 0 bridgehead atoms. The Morgan fingerprint density at radius 1 is 1.14 bits per heavy atom. The van der Waals surface area contributed by atoms with Crippen LogP contribution in [0.25, 0.3) is 5.57 Å². The molecule has 0 saturated heterocycles. The minimum atomic E-state index is 0.174. The second kappa shape index (κ2) is 7.61. The molecule has 1 heteroatoms. The molecule has 2 rings (SSSR count). The second-order valence-corrected chi connectivity index (χ2v) is 6.13. The van der Waals surface area contributed by atoms with Gasteiger partial charge >= 0.3 is 0 Å². The lowest BCUT2D eigenvalue weighted by molar-refractivity contribution is 0.454. The number of unbranched alkanes of at least 4 members (excludes halogenated alkanes) is 2. The van der Waals surface area contributed by atoms with Crippen molar-refractivity contribution in [1.29, 1.82) is 0 Å². The van der Waals surface area contributed by atoms with Crippen LogP contribution >= 0.6 is 0 Å². The lowest BCUT2D eigenvalue weighted by atomic mass is 9.78. The molecule has 114 valence electrons. The molecule has 0 aliphatic heterocycles. The molecule has 21 heavy (non-hydrogen) atoms. The lowest BCUT2D eigenvalue weighted by Crippen LogP contribution is -2.33. The first-order chi connectivity index (χ1) is 10.3. The van der Waals surface area contributed by atoms with E-state index in [2.05, 4.69) is 68.7 Å². The average molecular weight is 283 g/mol. The fourth-order valence-electron chi connectivity index (χ4n) is 3.39. The number of benzene rings is 1. The monoisotopic (exact) mass is 283 g/mol. The molecule has 0 radical (unpaired) electrons. The van der Waals surface area contributed by atoms with Gasteiger partial charge in [-0.2, -0.15) is 0 Å². The predicted octanol–water partition coefficient (Wildman–Crippen LogP) is 5.09. The molecule has 1 aliphatic carbocycles. The van der Waals surface area contributed by atoms with Crippen molar-refractivity contribution in [3.8, 4) is 0 Å². The van der Waals surface area contributed by atoms with Gasteiger partial charge in [0.1, 0.15) is 0 Å². The third-order valence-corrected chi connectivity index (χ3v) is 4.43. The maximum Gasteiger partial charge on any atom is 0.0272 e. The molecule has 0 fully saturated rings.